The fourth-order valence-corrected chi connectivity index (χ4v) is 2.04. The molecular weight excluding hydrogens is 292 g/mol. The lowest BCUT2D eigenvalue weighted by Gasteiger charge is -2.06. The Kier molecular flexibility index (Phi) is 3.31. The van der Waals surface area contributed by atoms with E-state index < -0.39 is 0 Å². The quantitative estimate of drug-likeness (QED) is 0.739. The highest BCUT2D eigenvalue weighted by molar-refractivity contribution is 6.42. The molecule has 0 saturated heterocycles. The van der Waals surface area contributed by atoms with Crippen molar-refractivity contribution in [2.45, 2.75) is 6.92 Å². The van der Waals surface area contributed by atoms with Gasteiger partial charge in [-0.05, 0) is 19.1 Å². The highest BCUT2D eigenvalue weighted by atomic mass is 35.5. The van der Waals surface area contributed by atoms with Gasteiger partial charge in [0.2, 0.25) is 0 Å². The zero-order chi connectivity index (χ0) is 11.9. The maximum Gasteiger partial charge on any atom is 0.174 e. The molecule has 2 heterocycles. The van der Waals surface area contributed by atoms with Crippen LogP contribution in [0.3, 0.4) is 0 Å². The van der Waals surface area contributed by atoms with Gasteiger partial charge in [-0.2, -0.15) is 5.10 Å². The summed E-state index contributed by atoms with van der Waals surface area (Å²) in [4.78, 5) is 4.06. The van der Waals surface area contributed by atoms with Crippen LogP contribution in [0.5, 0.6) is 0 Å². The molecule has 0 aliphatic carbocycles. The van der Waals surface area contributed by atoms with Gasteiger partial charge < -0.3 is 0 Å². The van der Waals surface area contributed by atoms with Crippen LogP contribution in [0.25, 0.3) is 5.82 Å². The first-order valence-electron chi connectivity index (χ1n) is 4.23. The van der Waals surface area contributed by atoms with Crippen molar-refractivity contribution in [3.05, 3.63) is 38.2 Å². The van der Waals surface area contributed by atoms with Crippen molar-refractivity contribution in [2.24, 2.45) is 0 Å². The Labute approximate surface area is 112 Å². The maximum atomic E-state index is 6.01. The molecule has 7 heteroatoms. The maximum absolute atomic E-state index is 6.01. The van der Waals surface area contributed by atoms with Crippen molar-refractivity contribution in [3.8, 4) is 5.82 Å². The second-order valence-corrected chi connectivity index (χ2v) is 4.65. The van der Waals surface area contributed by atoms with Gasteiger partial charge in [0.1, 0.15) is 5.15 Å². The van der Waals surface area contributed by atoms with Crippen LogP contribution < -0.4 is 0 Å². The molecule has 16 heavy (non-hydrogen) atoms. The third-order valence-corrected chi connectivity index (χ3v) is 3.06. The third-order valence-electron chi connectivity index (χ3n) is 1.93. The predicted molar refractivity (Wildman–Crippen MR) is 66.1 cm³/mol. The van der Waals surface area contributed by atoms with Crippen molar-refractivity contribution in [3.63, 3.8) is 0 Å². The largest absolute Gasteiger partial charge is 0.217 e. The van der Waals surface area contributed by atoms with E-state index in [4.69, 9.17) is 46.4 Å². The van der Waals surface area contributed by atoms with Crippen molar-refractivity contribution >= 4 is 46.4 Å². The topological polar surface area (TPSA) is 30.7 Å². The number of aryl methyl sites for hydroxylation is 1. The first-order chi connectivity index (χ1) is 7.49. The minimum absolute atomic E-state index is 0.173. The molecule has 0 radical (unpaired) electrons. The number of aromatic nitrogens is 3. The number of rotatable bonds is 1. The lowest BCUT2D eigenvalue weighted by Crippen LogP contribution is -2.03. The van der Waals surface area contributed by atoms with Crippen LogP contribution in [-0.4, -0.2) is 14.8 Å². The molecule has 0 fully saturated rings. The van der Waals surface area contributed by atoms with E-state index in [2.05, 4.69) is 10.1 Å². The molecule has 0 N–H and O–H groups in total. The van der Waals surface area contributed by atoms with E-state index in [1.54, 1.807) is 6.07 Å². The molecule has 0 aliphatic heterocycles. The minimum Gasteiger partial charge on any atom is -0.217 e. The van der Waals surface area contributed by atoms with Crippen molar-refractivity contribution < 1.29 is 0 Å². The summed E-state index contributed by atoms with van der Waals surface area (Å²) in [5.41, 5.74) is 0.804. The van der Waals surface area contributed by atoms with E-state index >= 15 is 0 Å². The molecule has 3 nitrogen and oxygen atoms in total. The molecule has 2 aromatic rings. The molecule has 2 rings (SSSR count). The first-order valence-corrected chi connectivity index (χ1v) is 5.74. The highest BCUT2D eigenvalue weighted by Gasteiger charge is 2.13. The Morgan fingerprint density at radius 3 is 2.31 bits per heavy atom. The van der Waals surface area contributed by atoms with E-state index in [1.807, 2.05) is 6.92 Å². The number of hydrogen-bond acceptors (Lipinski definition) is 2. The van der Waals surface area contributed by atoms with Gasteiger partial charge in [0.25, 0.3) is 0 Å². The van der Waals surface area contributed by atoms with Crippen molar-refractivity contribution in [2.75, 3.05) is 0 Å². The van der Waals surface area contributed by atoms with Crippen LogP contribution in [0, 0.1) is 6.92 Å². The molecule has 0 aliphatic rings. The Morgan fingerprint density at radius 1 is 1.06 bits per heavy atom. The average molecular weight is 297 g/mol. The van der Waals surface area contributed by atoms with Gasteiger partial charge in [-0.3, -0.25) is 0 Å². The summed E-state index contributed by atoms with van der Waals surface area (Å²) in [5.74, 6) is 0.403. The molecule has 0 saturated carbocycles. The van der Waals surface area contributed by atoms with Crippen LogP contribution in [0.4, 0.5) is 0 Å². The first kappa shape index (κ1) is 12.0. The number of halogens is 4. The Hall–Kier alpha value is -0.480. The lowest BCUT2D eigenvalue weighted by atomic mass is 10.4. The monoisotopic (exact) mass is 295 g/mol. The van der Waals surface area contributed by atoms with E-state index in [0.717, 1.165) is 5.69 Å². The molecule has 0 amide bonds. The molecule has 0 unspecified atom stereocenters. The van der Waals surface area contributed by atoms with E-state index in [9.17, 15) is 0 Å². The fraction of sp³-hybridized carbons (Fsp3) is 0.111. The Bertz CT molecular complexity index is 550. The fourth-order valence-electron chi connectivity index (χ4n) is 1.23. The summed E-state index contributed by atoms with van der Waals surface area (Å²) >= 11 is 23.4. The Balaban J connectivity index is 2.64. The minimum atomic E-state index is 0.173. The summed E-state index contributed by atoms with van der Waals surface area (Å²) in [6, 6.07) is 3.21. The average Bonchev–Trinajstić information content (AvgIpc) is 2.51. The van der Waals surface area contributed by atoms with Crippen LogP contribution in [0.2, 0.25) is 20.4 Å². The molecule has 2 aromatic heterocycles. The highest BCUT2D eigenvalue weighted by Crippen LogP contribution is 2.28. The van der Waals surface area contributed by atoms with Crippen LogP contribution in [0.1, 0.15) is 5.69 Å². The standard InChI is InChI=1S/C9H5Cl4N3/c1-4-2-7(12)15-16(4)9-6(11)3-5(10)8(13)14-9/h2-3H,1H3. The summed E-state index contributed by atoms with van der Waals surface area (Å²) in [5, 5.41) is 5.24. The number of nitrogens with zero attached hydrogens (tertiary/aromatic N) is 3. The molecule has 0 spiro atoms. The van der Waals surface area contributed by atoms with Crippen molar-refractivity contribution in [1.82, 2.24) is 14.8 Å². The second-order valence-electron chi connectivity index (χ2n) is 3.09. The lowest BCUT2D eigenvalue weighted by molar-refractivity contribution is 0.818. The molecule has 0 atom stereocenters. The van der Waals surface area contributed by atoms with Gasteiger partial charge in [0.05, 0.1) is 10.0 Å². The molecular formula is C9H5Cl4N3. The second kappa shape index (κ2) is 4.41. The summed E-state index contributed by atoms with van der Waals surface area (Å²) in [6.45, 7) is 1.83. The Morgan fingerprint density at radius 2 is 1.75 bits per heavy atom. The van der Waals surface area contributed by atoms with E-state index in [0.29, 0.717) is 21.0 Å². The summed E-state index contributed by atoms with van der Waals surface area (Å²) in [6.07, 6.45) is 0. The van der Waals surface area contributed by atoms with Crippen molar-refractivity contribution in [1.29, 1.82) is 0 Å². The smallest absolute Gasteiger partial charge is 0.174 e. The van der Waals surface area contributed by atoms with Gasteiger partial charge in [-0.15, -0.1) is 0 Å². The number of hydrogen-bond donors (Lipinski definition) is 0. The van der Waals surface area contributed by atoms with Gasteiger partial charge in [-0.1, -0.05) is 46.4 Å². The molecule has 0 aromatic carbocycles. The number of pyridine rings is 1. The molecule has 0 bridgehead atoms. The normalized spacial score (nSPS) is 10.8. The SMILES string of the molecule is Cc1cc(Cl)nn1-c1nc(Cl)c(Cl)cc1Cl. The zero-order valence-electron chi connectivity index (χ0n) is 8.01. The third kappa shape index (κ3) is 2.13. The van der Waals surface area contributed by atoms with Gasteiger partial charge in [-0.25, -0.2) is 9.67 Å². The molecule has 84 valence electrons. The summed E-state index contributed by atoms with van der Waals surface area (Å²) < 4.78 is 1.51. The van der Waals surface area contributed by atoms with Gasteiger partial charge in [0.15, 0.2) is 11.0 Å². The predicted octanol–water partition coefficient (Wildman–Crippen LogP) is 4.19. The van der Waals surface area contributed by atoms with Gasteiger partial charge >= 0.3 is 0 Å². The van der Waals surface area contributed by atoms with Crippen LogP contribution in [0.15, 0.2) is 12.1 Å². The zero-order valence-corrected chi connectivity index (χ0v) is 11.0. The van der Waals surface area contributed by atoms with Crippen LogP contribution >= 0.6 is 46.4 Å². The van der Waals surface area contributed by atoms with E-state index in [1.165, 1.54) is 10.7 Å². The van der Waals surface area contributed by atoms with Crippen LogP contribution in [-0.2, 0) is 0 Å². The summed E-state index contributed by atoms with van der Waals surface area (Å²) in [7, 11) is 0. The van der Waals surface area contributed by atoms with E-state index in [-0.39, 0.29) is 5.15 Å². The van der Waals surface area contributed by atoms with Gasteiger partial charge in [0, 0.05) is 5.69 Å².